The summed E-state index contributed by atoms with van der Waals surface area (Å²) in [5.74, 6) is 0. The van der Waals surface area contributed by atoms with Crippen molar-refractivity contribution in [3.05, 3.63) is 58.0 Å². The summed E-state index contributed by atoms with van der Waals surface area (Å²) in [6, 6.07) is 9.73. The first-order valence-electron chi connectivity index (χ1n) is 4.29. The zero-order chi connectivity index (χ0) is 9.80. The predicted molar refractivity (Wildman–Crippen MR) is 51.9 cm³/mol. The van der Waals surface area contributed by atoms with Crippen LogP contribution in [0.2, 0.25) is 0 Å². The van der Waals surface area contributed by atoms with E-state index in [1.807, 2.05) is 30.3 Å². The van der Waals surface area contributed by atoms with Crippen LogP contribution in [-0.4, -0.2) is 15.4 Å². The number of nitrogens with one attached hydrogen (secondary N) is 1. The van der Waals surface area contributed by atoms with Crippen LogP contribution in [0.15, 0.2) is 41.3 Å². The van der Waals surface area contributed by atoms with Crippen LogP contribution < -0.4 is 5.43 Å². The molecule has 2 aromatic rings. The Bertz CT molecular complexity index is 464. The van der Waals surface area contributed by atoms with Crippen molar-refractivity contribution in [1.29, 1.82) is 0 Å². The van der Waals surface area contributed by atoms with Crippen LogP contribution in [0.3, 0.4) is 0 Å². The molecule has 4 nitrogen and oxygen atoms in total. The van der Waals surface area contributed by atoms with E-state index in [2.05, 4.69) is 15.4 Å². The lowest BCUT2D eigenvalue weighted by Crippen LogP contribution is -2.13. The summed E-state index contributed by atoms with van der Waals surface area (Å²) < 4.78 is 0. The van der Waals surface area contributed by atoms with Gasteiger partial charge < -0.3 is 0 Å². The number of nitrogens with zero attached hydrogens (tertiary/aromatic N) is 2. The van der Waals surface area contributed by atoms with E-state index >= 15 is 0 Å². The van der Waals surface area contributed by atoms with Gasteiger partial charge in [-0.15, -0.1) is 0 Å². The minimum atomic E-state index is -0.132. The summed E-state index contributed by atoms with van der Waals surface area (Å²) in [6.45, 7) is 0. The first-order chi connectivity index (χ1) is 6.86. The highest BCUT2D eigenvalue weighted by Crippen LogP contribution is 2.02. The molecule has 14 heavy (non-hydrogen) atoms. The van der Waals surface area contributed by atoms with Crippen LogP contribution in [-0.2, 0) is 6.42 Å². The van der Waals surface area contributed by atoms with Crippen LogP contribution in [0.25, 0.3) is 0 Å². The second-order valence-electron chi connectivity index (χ2n) is 2.94. The largest absolute Gasteiger partial charge is 0.286 e. The average molecular weight is 187 g/mol. The third kappa shape index (κ3) is 1.85. The van der Waals surface area contributed by atoms with Crippen molar-refractivity contribution >= 4 is 0 Å². The lowest BCUT2D eigenvalue weighted by atomic mass is 10.1. The van der Waals surface area contributed by atoms with E-state index in [9.17, 15) is 4.79 Å². The van der Waals surface area contributed by atoms with E-state index in [0.717, 1.165) is 5.56 Å². The molecule has 0 fully saturated rings. The molecule has 4 heteroatoms. The van der Waals surface area contributed by atoms with E-state index in [1.54, 1.807) is 0 Å². The Labute approximate surface area is 80.6 Å². The number of benzene rings is 1. The second-order valence-corrected chi connectivity index (χ2v) is 2.94. The molecule has 0 aliphatic carbocycles. The Kier molecular flexibility index (Phi) is 2.36. The van der Waals surface area contributed by atoms with Crippen LogP contribution in [0.5, 0.6) is 0 Å². The topological polar surface area (TPSA) is 58.6 Å². The van der Waals surface area contributed by atoms with E-state index in [1.165, 1.54) is 6.20 Å². The van der Waals surface area contributed by atoms with Crippen molar-refractivity contribution < 1.29 is 0 Å². The van der Waals surface area contributed by atoms with Crippen molar-refractivity contribution in [2.75, 3.05) is 0 Å². The fraction of sp³-hybridized carbons (Fsp3) is 0.100. The molecule has 1 aromatic heterocycles. The second kappa shape index (κ2) is 3.83. The van der Waals surface area contributed by atoms with Gasteiger partial charge in [-0.05, 0) is 5.56 Å². The molecule has 1 heterocycles. The van der Waals surface area contributed by atoms with Gasteiger partial charge >= 0.3 is 0 Å². The molecule has 0 amide bonds. The predicted octanol–water partition coefficient (Wildman–Crippen LogP) is 0.756. The smallest absolute Gasteiger partial charge is 0.222 e. The molecular weight excluding hydrogens is 178 g/mol. The highest BCUT2D eigenvalue weighted by Gasteiger charge is 2.01. The summed E-state index contributed by atoms with van der Waals surface area (Å²) in [5, 5.41) is 9.78. The first-order valence-corrected chi connectivity index (χ1v) is 4.29. The number of aromatic amines is 1. The van der Waals surface area contributed by atoms with Crippen molar-refractivity contribution in [3.8, 4) is 0 Å². The van der Waals surface area contributed by atoms with Crippen LogP contribution in [0.1, 0.15) is 11.3 Å². The van der Waals surface area contributed by atoms with Gasteiger partial charge in [0.2, 0.25) is 5.43 Å². The fourth-order valence-electron chi connectivity index (χ4n) is 1.22. The summed E-state index contributed by atoms with van der Waals surface area (Å²) in [7, 11) is 0. The SMILES string of the molecule is O=c1cn[nH]nc1Cc1ccccc1. The van der Waals surface area contributed by atoms with Gasteiger partial charge in [0.05, 0.1) is 6.20 Å². The van der Waals surface area contributed by atoms with Gasteiger partial charge in [-0.1, -0.05) is 30.3 Å². The molecule has 0 spiro atoms. The quantitative estimate of drug-likeness (QED) is 0.754. The molecule has 70 valence electrons. The molecule has 0 radical (unpaired) electrons. The lowest BCUT2D eigenvalue weighted by Gasteiger charge is -1.97. The molecule has 0 unspecified atom stereocenters. The van der Waals surface area contributed by atoms with E-state index < -0.39 is 0 Å². The molecule has 0 aliphatic rings. The van der Waals surface area contributed by atoms with E-state index in [4.69, 9.17) is 0 Å². The Morgan fingerprint density at radius 1 is 1.21 bits per heavy atom. The van der Waals surface area contributed by atoms with Crippen molar-refractivity contribution in [3.63, 3.8) is 0 Å². The number of hydrogen-bond acceptors (Lipinski definition) is 3. The van der Waals surface area contributed by atoms with Gasteiger partial charge in [0.15, 0.2) is 0 Å². The number of hydrogen-bond donors (Lipinski definition) is 1. The van der Waals surface area contributed by atoms with Gasteiger partial charge in [-0.3, -0.25) is 4.79 Å². The third-order valence-corrected chi connectivity index (χ3v) is 1.92. The van der Waals surface area contributed by atoms with Gasteiger partial charge in [0.1, 0.15) is 5.69 Å². The molecule has 0 atom stereocenters. The first kappa shape index (κ1) is 8.62. The maximum Gasteiger partial charge on any atom is 0.222 e. The normalized spacial score (nSPS) is 10.0. The van der Waals surface area contributed by atoms with Crippen molar-refractivity contribution in [2.24, 2.45) is 0 Å². The summed E-state index contributed by atoms with van der Waals surface area (Å²) >= 11 is 0. The zero-order valence-electron chi connectivity index (χ0n) is 7.47. The molecule has 1 aromatic carbocycles. The standard InChI is InChI=1S/C10H9N3O/c14-10-7-11-13-12-9(10)6-8-4-2-1-3-5-8/h1-5,7H,6H2,(H,13,14). The zero-order valence-corrected chi connectivity index (χ0v) is 7.47. The van der Waals surface area contributed by atoms with Crippen LogP contribution in [0, 0.1) is 0 Å². The Balaban J connectivity index is 2.28. The minimum absolute atomic E-state index is 0.132. The minimum Gasteiger partial charge on any atom is -0.286 e. The molecule has 0 aliphatic heterocycles. The summed E-state index contributed by atoms with van der Waals surface area (Å²) in [5.41, 5.74) is 1.43. The molecule has 1 N–H and O–H groups in total. The monoisotopic (exact) mass is 187 g/mol. The van der Waals surface area contributed by atoms with Crippen molar-refractivity contribution in [1.82, 2.24) is 15.4 Å². The highest BCUT2D eigenvalue weighted by atomic mass is 16.1. The van der Waals surface area contributed by atoms with Crippen LogP contribution in [0.4, 0.5) is 0 Å². The Hall–Kier alpha value is -1.97. The molecule has 0 saturated carbocycles. The fourth-order valence-corrected chi connectivity index (χ4v) is 1.22. The number of H-pyrrole nitrogens is 1. The van der Waals surface area contributed by atoms with E-state index in [-0.39, 0.29) is 5.43 Å². The third-order valence-electron chi connectivity index (χ3n) is 1.92. The van der Waals surface area contributed by atoms with Crippen LogP contribution >= 0.6 is 0 Å². The number of aromatic nitrogens is 3. The van der Waals surface area contributed by atoms with Gasteiger partial charge in [0, 0.05) is 6.42 Å². The summed E-state index contributed by atoms with van der Waals surface area (Å²) in [4.78, 5) is 11.3. The maximum absolute atomic E-state index is 11.3. The van der Waals surface area contributed by atoms with Gasteiger partial charge in [-0.25, -0.2) is 0 Å². The van der Waals surface area contributed by atoms with E-state index in [0.29, 0.717) is 12.1 Å². The molecule has 0 saturated heterocycles. The van der Waals surface area contributed by atoms with Crippen molar-refractivity contribution in [2.45, 2.75) is 6.42 Å². The lowest BCUT2D eigenvalue weighted by molar-refractivity contribution is 0.807. The maximum atomic E-state index is 11.3. The average Bonchev–Trinajstić information content (AvgIpc) is 2.23. The molecule has 2 rings (SSSR count). The Morgan fingerprint density at radius 2 is 2.00 bits per heavy atom. The molecule has 0 bridgehead atoms. The summed E-state index contributed by atoms with van der Waals surface area (Å²) in [6.07, 6.45) is 1.78. The van der Waals surface area contributed by atoms with Gasteiger partial charge in [-0.2, -0.15) is 15.4 Å². The number of rotatable bonds is 2. The molecular formula is C10H9N3O. The van der Waals surface area contributed by atoms with Gasteiger partial charge in [0.25, 0.3) is 0 Å². The Morgan fingerprint density at radius 3 is 2.71 bits per heavy atom. The highest BCUT2D eigenvalue weighted by molar-refractivity contribution is 5.20.